The van der Waals surface area contributed by atoms with Gasteiger partial charge in [-0.3, -0.25) is 4.90 Å². The summed E-state index contributed by atoms with van der Waals surface area (Å²) in [7, 11) is 0. The van der Waals surface area contributed by atoms with Crippen molar-refractivity contribution in [2.24, 2.45) is 0 Å². The molecule has 0 saturated carbocycles. The summed E-state index contributed by atoms with van der Waals surface area (Å²) in [5, 5.41) is 0. The number of anilines is 1. The Kier molecular flexibility index (Phi) is 3.40. The number of ether oxygens (including phenoxy) is 1. The van der Waals surface area contributed by atoms with Gasteiger partial charge in [-0.25, -0.2) is 4.98 Å². The summed E-state index contributed by atoms with van der Waals surface area (Å²) in [6.45, 7) is 9.11. The number of fused-ring (bicyclic) bond motifs is 1. The van der Waals surface area contributed by atoms with E-state index >= 15 is 0 Å². The molecule has 1 aliphatic heterocycles. The number of aromatic nitrogens is 2. The Labute approximate surface area is 119 Å². The second kappa shape index (κ2) is 5.07. The zero-order valence-corrected chi connectivity index (χ0v) is 12.3. The van der Waals surface area contributed by atoms with E-state index in [1.165, 1.54) is 5.69 Å². The van der Waals surface area contributed by atoms with Gasteiger partial charge in [0.25, 0.3) is 0 Å². The van der Waals surface area contributed by atoms with Crippen LogP contribution in [0.5, 0.6) is 0 Å². The Morgan fingerprint density at radius 3 is 2.70 bits per heavy atom. The molecule has 0 aromatic carbocycles. The standard InChI is InChI=1S/C15H22N4O/c1-10-6-18(7-11(2)20-10)9-14-12(3)17-15-5-4-13(16)8-19(14)15/h4-5,8,10-11H,6-7,9,16H2,1-3H3. The number of hydrogen-bond acceptors (Lipinski definition) is 4. The molecule has 2 unspecified atom stereocenters. The van der Waals surface area contributed by atoms with Gasteiger partial charge in [-0.05, 0) is 32.9 Å². The van der Waals surface area contributed by atoms with Crippen LogP contribution in [0.15, 0.2) is 18.3 Å². The fraction of sp³-hybridized carbons (Fsp3) is 0.533. The first-order valence-electron chi connectivity index (χ1n) is 7.14. The lowest BCUT2D eigenvalue weighted by molar-refractivity contribution is -0.0708. The molecule has 2 aromatic heterocycles. The van der Waals surface area contributed by atoms with E-state index in [-0.39, 0.29) is 12.2 Å². The van der Waals surface area contributed by atoms with Crippen molar-refractivity contribution in [2.45, 2.75) is 39.5 Å². The predicted molar refractivity (Wildman–Crippen MR) is 79.6 cm³/mol. The largest absolute Gasteiger partial charge is 0.398 e. The van der Waals surface area contributed by atoms with Crippen molar-refractivity contribution >= 4 is 11.3 Å². The molecular formula is C15H22N4O. The van der Waals surface area contributed by atoms with Crippen LogP contribution in [-0.2, 0) is 11.3 Å². The molecular weight excluding hydrogens is 252 g/mol. The van der Waals surface area contributed by atoms with Crippen molar-refractivity contribution in [2.75, 3.05) is 18.8 Å². The predicted octanol–water partition coefficient (Wildman–Crippen LogP) is 1.83. The topological polar surface area (TPSA) is 55.8 Å². The van der Waals surface area contributed by atoms with E-state index in [1.807, 2.05) is 18.3 Å². The second-order valence-corrected chi connectivity index (χ2v) is 5.79. The summed E-state index contributed by atoms with van der Waals surface area (Å²) in [5.74, 6) is 0. The molecule has 2 atom stereocenters. The van der Waals surface area contributed by atoms with Crippen molar-refractivity contribution in [3.63, 3.8) is 0 Å². The lowest BCUT2D eigenvalue weighted by Crippen LogP contribution is -2.45. The molecule has 0 radical (unpaired) electrons. The monoisotopic (exact) mass is 274 g/mol. The highest BCUT2D eigenvalue weighted by Crippen LogP contribution is 2.19. The van der Waals surface area contributed by atoms with Crippen LogP contribution in [0.25, 0.3) is 5.65 Å². The highest BCUT2D eigenvalue weighted by atomic mass is 16.5. The molecule has 1 aliphatic rings. The number of nitrogen functional groups attached to an aromatic ring is 1. The second-order valence-electron chi connectivity index (χ2n) is 5.79. The Bertz CT molecular complexity index is 612. The van der Waals surface area contributed by atoms with Crippen LogP contribution in [0.3, 0.4) is 0 Å². The Balaban J connectivity index is 1.90. The highest BCUT2D eigenvalue weighted by Gasteiger charge is 2.23. The third-order valence-electron chi connectivity index (χ3n) is 3.81. The van der Waals surface area contributed by atoms with E-state index < -0.39 is 0 Å². The van der Waals surface area contributed by atoms with Crippen molar-refractivity contribution in [1.82, 2.24) is 14.3 Å². The van der Waals surface area contributed by atoms with Gasteiger partial charge in [0.1, 0.15) is 5.65 Å². The van der Waals surface area contributed by atoms with E-state index in [1.54, 1.807) is 0 Å². The maximum absolute atomic E-state index is 5.90. The van der Waals surface area contributed by atoms with Gasteiger partial charge >= 0.3 is 0 Å². The lowest BCUT2D eigenvalue weighted by atomic mass is 10.2. The van der Waals surface area contributed by atoms with Gasteiger partial charge in [0.2, 0.25) is 0 Å². The van der Waals surface area contributed by atoms with E-state index in [0.717, 1.165) is 36.7 Å². The molecule has 5 nitrogen and oxygen atoms in total. The van der Waals surface area contributed by atoms with Crippen LogP contribution < -0.4 is 5.73 Å². The maximum Gasteiger partial charge on any atom is 0.137 e. The minimum atomic E-state index is 0.281. The number of aryl methyl sites for hydroxylation is 1. The summed E-state index contributed by atoms with van der Waals surface area (Å²) < 4.78 is 7.89. The van der Waals surface area contributed by atoms with Gasteiger partial charge in [0.15, 0.2) is 0 Å². The SMILES string of the molecule is Cc1nc2ccc(N)cn2c1CN1CC(C)OC(C)C1. The summed E-state index contributed by atoms with van der Waals surface area (Å²) in [6, 6.07) is 3.86. The summed E-state index contributed by atoms with van der Waals surface area (Å²) >= 11 is 0. The van der Waals surface area contributed by atoms with Crippen LogP contribution >= 0.6 is 0 Å². The van der Waals surface area contributed by atoms with E-state index in [9.17, 15) is 0 Å². The number of nitrogens with zero attached hydrogens (tertiary/aromatic N) is 3. The van der Waals surface area contributed by atoms with E-state index in [0.29, 0.717) is 0 Å². The minimum Gasteiger partial charge on any atom is -0.398 e. The molecule has 3 rings (SSSR count). The molecule has 0 amide bonds. The van der Waals surface area contributed by atoms with Crippen LogP contribution in [0, 0.1) is 6.92 Å². The van der Waals surface area contributed by atoms with Gasteiger partial charge in [-0.15, -0.1) is 0 Å². The quantitative estimate of drug-likeness (QED) is 0.908. The zero-order valence-electron chi connectivity index (χ0n) is 12.3. The highest BCUT2D eigenvalue weighted by molar-refractivity contribution is 5.50. The van der Waals surface area contributed by atoms with Crippen molar-refractivity contribution in [3.05, 3.63) is 29.7 Å². The van der Waals surface area contributed by atoms with E-state index in [4.69, 9.17) is 10.5 Å². The molecule has 5 heteroatoms. The Morgan fingerprint density at radius 2 is 2.00 bits per heavy atom. The third kappa shape index (κ3) is 2.51. The third-order valence-corrected chi connectivity index (χ3v) is 3.81. The van der Waals surface area contributed by atoms with Crippen LogP contribution in [0.1, 0.15) is 25.2 Å². The van der Waals surface area contributed by atoms with Gasteiger partial charge in [0.05, 0.1) is 23.6 Å². The number of morpholine rings is 1. The van der Waals surface area contributed by atoms with Crippen LogP contribution in [0.2, 0.25) is 0 Å². The molecule has 2 aromatic rings. The molecule has 1 saturated heterocycles. The summed E-state index contributed by atoms with van der Waals surface area (Å²) in [5.41, 5.74) is 9.91. The van der Waals surface area contributed by atoms with Crippen molar-refractivity contribution < 1.29 is 4.74 Å². The normalized spacial score (nSPS) is 24.4. The van der Waals surface area contributed by atoms with Gasteiger partial charge in [-0.1, -0.05) is 0 Å². The van der Waals surface area contributed by atoms with Crippen molar-refractivity contribution in [1.29, 1.82) is 0 Å². The Hall–Kier alpha value is -1.59. The number of imidazole rings is 1. The molecule has 1 fully saturated rings. The maximum atomic E-state index is 5.90. The fourth-order valence-electron chi connectivity index (χ4n) is 3.04. The lowest BCUT2D eigenvalue weighted by Gasteiger charge is -2.35. The van der Waals surface area contributed by atoms with Gasteiger partial charge in [0, 0.05) is 31.5 Å². The van der Waals surface area contributed by atoms with E-state index in [2.05, 4.69) is 35.1 Å². The minimum absolute atomic E-state index is 0.281. The zero-order chi connectivity index (χ0) is 14.3. The smallest absolute Gasteiger partial charge is 0.137 e. The van der Waals surface area contributed by atoms with Crippen molar-refractivity contribution in [3.8, 4) is 0 Å². The fourth-order valence-corrected chi connectivity index (χ4v) is 3.04. The average Bonchev–Trinajstić information content (AvgIpc) is 2.65. The average molecular weight is 274 g/mol. The molecule has 108 valence electrons. The number of hydrogen-bond donors (Lipinski definition) is 1. The van der Waals surface area contributed by atoms with Gasteiger partial charge in [-0.2, -0.15) is 0 Å². The first kappa shape index (κ1) is 13.4. The summed E-state index contributed by atoms with van der Waals surface area (Å²) in [4.78, 5) is 7.04. The molecule has 0 aliphatic carbocycles. The number of rotatable bonds is 2. The number of nitrogens with two attached hydrogens (primary N) is 1. The van der Waals surface area contributed by atoms with Gasteiger partial charge < -0.3 is 14.9 Å². The first-order valence-corrected chi connectivity index (χ1v) is 7.14. The molecule has 3 heterocycles. The Morgan fingerprint density at radius 1 is 1.30 bits per heavy atom. The molecule has 20 heavy (non-hydrogen) atoms. The molecule has 0 bridgehead atoms. The molecule has 2 N–H and O–H groups in total. The van der Waals surface area contributed by atoms with Crippen LogP contribution in [0.4, 0.5) is 5.69 Å². The molecule has 0 spiro atoms. The summed E-state index contributed by atoms with van der Waals surface area (Å²) in [6.07, 6.45) is 2.52. The van der Waals surface area contributed by atoms with Crippen LogP contribution in [-0.4, -0.2) is 39.6 Å². The number of pyridine rings is 1. The first-order chi connectivity index (χ1) is 9.52.